The summed E-state index contributed by atoms with van der Waals surface area (Å²) >= 11 is 0. The van der Waals surface area contributed by atoms with Crippen molar-refractivity contribution in [2.24, 2.45) is 0 Å². The summed E-state index contributed by atoms with van der Waals surface area (Å²) in [5.41, 5.74) is 0. The van der Waals surface area contributed by atoms with Gasteiger partial charge in [-0.05, 0) is 44.8 Å². The summed E-state index contributed by atoms with van der Waals surface area (Å²) in [4.78, 5) is 10.3. The Morgan fingerprint density at radius 2 is 1.47 bits per heavy atom. The van der Waals surface area contributed by atoms with E-state index in [1.54, 1.807) is 0 Å². The lowest BCUT2D eigenvalue weighted by Gasteiger charge is -2.39. The van der Waals surface area contributed by atoms with E-state index in [2.05, 4.69) is 39.8 Å². The van der Waals surface area contributed by atoms with Crippen molar-refractivity contribution in [3.8, 4) is 12.3 Å². The summed E-state index contributed by atoms with van der Waals surface area (Å²) < 4.78 is 19.0. The lowest BCUT2D eigenvalue weighted by molar-refractivity contribution is -0.151. The van der Waals surface area contributed by atoms with Gasteiger partial charge < -0.3 is 18.7 Å². The predicted molar refractivity (Wildman–Crippen MR) is 136 cm³/mol. The minimum absolute atomic E-state index is 0.0119. The molecular weight excluding hydrogens is 416 g/mol. The zero-order valence-electron chi connectivity index (χ0n) is 22.0. The van der Waals surface area contributed by atoms with Crippen molar-refractivity contribution >= 4 is 14.6 Å². The van der Waals surface area contributed by atoms with E-state index < -0.39 is 14.1 Å². The molecule has 1 fully saturated rings. The van der Waals surface area contributed by atoms with Crippen LogP contribution >= 0.6 is 0 Å². The topological polar surface area (TPSA) is 44.8 Å². The van der Waals surface area contributed by atoms with Gasteiger partial charge in [-0.2, -0.15) is 0 Å². The third kappa shape index (κ3) is 10.5. The molecule has 1 aliphatic heterocycles. The zero-order valence-corrected chi connectivity index (χ0v) is 23.0. The quantitative estimate of drug-likeness (QED) is 0.103. The lowest BCUT2D eigenvalue weighted by Crippen LogP contribution is -2.48. The van der Waals surface area contributed by atoms with E-state index in [-0.39, 0.29) is 23.4 Å². The Hall–Kier alpha value is -0.673. The van der Waals surface area contributed by atoms with Gasteiger partial charge >= 0.3 is 0 Å². The molecule has 32 heavy (non-hydrogen) atoms. The molecule has 1 rings (SSSR count). The van der Waals surface area contributed by atoms with Gasteiger partial charge in [-0.1, -0.05) is 84.5 Å². The van der Waals surface area contributed by atoms with Crippen LogP contribution < -0.4 is 0 Å². The number of aldehydes is 1. The van der Waals surface area contributed by atoms with Crippen LogP contribution in [-0.4, -0.2) is 38.7 Å². The third-order valence-electron chi connectivity index (χ3n) is 6.97. The van der Waals surface area contributed by atoms with Gasteiger partial charge in [0.2, 0.25) is 0 Å². The molecule has 3 atom stereocenters. The van der Waals surface area contributed by atoms with Gasteiger partial charge in [0.15, 0.2) is 14.1 Å². The summed E-state index contributed by atoms with van der Waals surface area (Å²) in [5.74, 6) is 2.26. The fourth-order valence-corrected chi connectivity index (χ4v) is 5.21. The fraction of sp³-hybridized carbons (Fsp3) is 0.889. The molecule has 0 unspecified atom stereocenters. The number of rotatable bonds is 16. The lowest BCUT2D eigenvalue weighted by atomic mass is 10.0. The fourth-order valence-electron chi connectivity index (χ4n) is 4.02. The Labute approximate surface area is 199 Å². The first-order valence-electron chi connectivity index (χ1n) is 12.9. The monoisotopic (exact) mass is 466 g/mol. The Bertz CT molecular complexity index is 573. The van der Waals surface area contributed by atoms with Gasteiger partial charge in [0.25, 0.3) is 0 Å². The number of terminal acetylenes is 1. The largest absolute Gasteiger partial charge is 0.401 e. The molecule has 0 saturated carbocycles. The van der Waals surface area contributed by atoms with Crippen LogP contribution in [-0.2, 0) is 18.7 Å². The number of carbonyl (C=O) groups is 1. The number of ether oxygens (including phenoxy) is 2. The van der Waals surface area contributed by atoms with Gasteiger partial charge in [-0.25, -0.2) is 0 Å². The molecule has 1 heterocycles. The first kappa shape index (κ1) is 29.4. The minimum Gasteiger partial charge on any atom is -0.401 e. The predicted octanol–water partition coefficient (Wildman–Crippen LogP) is 7.41. The van der Waals surface area contributed by atoms with Crippen LogP contribution in [0.2, 0.25) is 18.1 Å². The Morgan fingerprint density at radius 3 is 1.94 bits per heavy atom. The number of carbonyl (C=O) groups excluding carboxylic acids is 1. The molecule has 0 spiro atoms. The highest BCUT2D eigenvalue weighted by Crippen LogP contribution is 2.40. The highest BCUT2D eigenvalue weighted by atomic mass is 28.4. The number of unbranched alkanes of at least 4 members (excludes halogenated alkanes) is 10. The minimum atomic E-state index is -2.00. The van der Waals surface area contributed by atoms with Gasteiger partial charge in [-0.15, -0.1) is 6.42 Å². The summed E-state index contributed by atoms with van der Waals surface area (Å²) in [6.07, 6.45) is 20.4. The van der Waals surface area contributed by atoms with Gasteiger partial charge in [-0.3, -0.25) is 0 Å². The molecule has 0 aromatic carbocycles. The maximum atomic E-state index is 10.3. The molecule has 1 saturated heterocycles. The smallest absolute Gasteiger partial charge is 0.193 e. The van der Waals surface area contributed by atoms with Crippen LogP contribution in [0.3, 0.4) is 0 Å². The molecular formula is C27H50O4Si. The van der Waals surface area contributed by atoms with Gasteiger partial charge in [0.05, 0.1) is 6.10 Å². The van der Waals surface area contributed by atoms with E-state index in [9.17, 15) is 4.79 Å². The average molecular weight is 467 g/mol. The van der Waals surface area contributed by atoms with E-state index in [1.165, 1.54) is 51.4 Å². The number of hydrogen-bond acceptors (Lipinski definition) is 4. The molecule has 0 N–H and O–H groups in total. The SMILES string of the molecule is C#C[C@H](O[Si](C)(C)C(C)(C)C)[C@@H]1OC(C)(C)O[C@H]1CCCCCCCCCCCCC=O. The van der Waals surface area contributed by atoms with Crippen molar-refractivity contribution in [2.45, 2.75) is 154 Å². The highest BCUT2D eigenvalue weighted by molar-refractivity contribution is 6.74. The van der Waals surface area contributed by atoms with E-state index >= 15 is 0 Å². The van der Waals surface area contributed by atoms with Crippen molar-refractivity contribution in [3.63, 3.8) is 0 Å². The van der Waals surface area contributed by atoms with Crippen LogP contribution in [0.5, 0.6) is 0 Å². The second kappa shape index (κ2) is 13.9. The third-order valence-corrected chi connectivity index (χ3v) is 11.4. The van der Waals surface area contributed by atoms with Crippen molar-refractivity contribution in [1.82, 2.24) is 0 Å². The molecule has 0 aliphatic carbocycles. The first-order valence-corrected chi connectivity index (χ1v) is 15.8. The van der Waals surface area contributed by atoms with Crippen molar-refractivity contribution < 1.29 is 18.7 Å². The van der Waals surface area contributed by atoms with Crippen molar-refractivity contribution in [1.29, 1.82) is 0 Å². The summed E-state index contributed by atoms with van der Waals surface area (Å²) in [7, 11) is -2.00. The van der Waals surface area contributed by atoms with E-state index in [0.29, 0.717) is 0 Å². The average Bonchev–Trinajstić information content (AvgIpc) is 3.00. The molecule has 0 bridgehead atoms. The molecule has 1 aliphatic rings. The van der Waals surface area contributed by atoms with Crippen LogP contribution in [0.15, 0.2) is 0 Å². The van der Waals surface area contributed by atoms with Crippen molar-refractivity contribution in [3.05, 3.63) is 0 Å². The summed E-state index contributed by atoms with van der Waals surface area (Å²) in [6, 6.07) is 0. The van der Waals surface area contributed by atoms with Gasteiger partial charge in [0.1, 0.15) is 18.5 Å². The van der Waals surface area contributed by atoms with Crippen LogP contribution in [0.4, 0.5) is 0 Å². The normalized spacial score (nSPS) is 21.9. The maximum absolute atomic E-state index is 10.3. The molecule has 4 nitrogen and oxygen atoms in total. The summed E-state index contributed by atoms with van der Waals surface area (Å²) in [5, 5.41) is 0.0993. The van der Waals surface area contributed by atoms with Crippen LogP contribution in [0.1, 0.15) is 112 Å². The first-order chi connectivity index (χ1) is 14.9. The number of hydrogen-bond donors (Lipinski definition) is 0. The van der Waals surface area contributed by atoms with E-state index in [0.717, 1.165) is 32.0 Å². The van der Waals surface area contributed by atoms with E-state index in [1.807, 2.05) is 13.8 Å². The summed E-state index contributed by atoms with van der Waals surface area (Å²) in [6.45, 7) is 15.1. The second-order valence-corrected chi connectivity index (χ2v) is 16.1. The Kier molecular flexibility index (Phi) is 12.7. The molecule has 0 aromatic heterocycles. The molecule has 186 valence electrons. The molecule has 0 aromatic rings. The Balaban J connectivity index is 2.37. The molecule has 0 radical (unpaired) electrons. The van der Waals surface area contributed by atoms with Crippen molar-refractivity contribution in [2.75, 3.05) is 0 Å². The zero-order chi connectivity index (χ0) is 24.3. The molecule has 5 heteroatoms. The molecule has 0 amide bonds. The van der Waals surface area contributed by atoms with Crippen LogP contribution in [0, 0.1) is 12.3 Å². The van der Waals surface area contributed by atoms with Crippen LogP contribution in [0.25, 0.3) is 0 Å². The standard InChI is InChI=1S/C27H50O4Si/c1-9-23(31-32(7,8)26(2,3)4)25-24(29-27(5,6)30-25)21-19-17-15-13-11-10-12-14-16-18-20-22-28/h1,22-25H,10-21H2,2-8H3/t23-,24-,25-/m0/s1. The second-order valence-electron chi connectivity index (χ2n) is 11.4. The van der Waals surface area contributed by atoms with E-state index in [4.69, 9.17) is 20.3 Å². The highest BCUT2D eigenvalue weighted by Gasteiger charge is 2.48. The van der Waals surface area contributed by atoms with Gasteiger partial charge in [0, 0.05) is 6.42 Å². The Morgan fingerprint density at radius 1 is 0.969 bits per heavy atom. The maximum Gasteiger partial charge on any atom is 0.193 e.